The first-order valence-electron chi connectivity index (χ1n) is 8.86. The highest BCUT2D eigenvalue weighted by molar-refractivity contribution is 5.81. The molecule has 1 aliphatic carbocycles. The molecule has 1 heterocycles. The number of aliphatic hydroxyl groups is 1. The van der Waals surface area contributed by atoms with Gasteiger partial charge in [-0.05, 0) is 28.8 Å². The number of benzene rings is 2. The van der Waals surface area contributed by atoms with Gasteiger partial charge in [0.1, 0.15) is 5.75 Å². The maximum atomic E-state index is 13.0. The number of amides is 1. The van der Waals surface area contributed by atoms with Crippen LogP contribution in [0, 0.1) is 5.92 Å². The fourth-order valence-corrected chi connectivity index (χ4v) is 3.90. The lowest BCUT2D eigenvalue weighted by atomic mass is 9.93. The summed E-state index contributed by atoms with van der Waals surface area (Å²) in [5, 5.41) is 13.4. The molecular formula is C20H23N3O3. The first-order valence-corrected chi connectivity index (χ1v) is 8.86. The second kappa shape index (κ2) is 7.07. The van der Waals surface area contributed by atoms with Crippen molar-refractivity contribution in [3.05, 3.63) is 65.2 Å². The molecule has 6 heteroatoms. The van der Waals surface area contributed by atoms with Gasteiger partial charge >= 0.3 is 0 Å². The van der Waals surface area contributed by atoms with E-state index in [9.17, 15) is 9.90 Å². The van der Waals surface area contributed by atoms with Crippen LogP contribution in [0.5, 0.6) is 5.75 Å². The Hall–Kier alpha value is -2.41. The summed E-state index contributed by atoms with van der Waals surface area (Å²) in [7, 11) is 1.63. The minimum absolute atomic E-state index is 0.0731. The molecule has 4 rings (SSSR count). The summed E-state index contributed by atoms with van der Waals surface area (Å²) >= 11 is 0. The molecule has 1 aliphatic heterocycles. The summed E-state index contributed by atoms with van der Waals surface area (Å²) in [4.78, 5) is 13.0. The van der Waals surface area contributed by atoms with E-state index >= 15 is 0 Å². The van der Waals surface area contributed by atoms with Crippen molar-refractivity contribution >= 4 is 5.91 Å². The van der Waals surface area contributed by atoms with E-state index in [0.717, 1.165) is 22.4 Å². The Balaban J connectivity index is 1.52. The van der Waals surface area contributed by atoms with Crippen molar-refractivity contribution in [3.63, 3.8) is 0 Å². The Bertz CT molecular complexity index is 810. The SMILES string of the molecule is COc1cccc(C2NNCC2C(=O)N[C@@H]2c3ccccc3C[C@@H]2O)c1. The van der Waals surface area contributed by atoms with Crippen LogP contribution in [0.15, 0.2) is 48.5 Å². The number of aliphatic hydroxyl groups excluding tert-OH is 1. The molecule has 0 bridgehead atoms. The number of hydrogen-bond acceptors (Lipinski definition) is 5. The molecular weight excluding hydrogens is 330 g/mol. The van der Waals surface area contributed by atoms with Crippen LogP contribution in [-0.4, -0.2) is 30.8 Å². The monoisotopic (exact) mass is 353 g/mol. The average molecular weight is 353 g/mol. The second-order valence-electron chi connectivity index (χ2n) is 6.84. The van der Waals surface area contributed by atoms with Crippen molar-refractivity contribution in [2.45, 2.75) is 24.6 Å². The van der Waals surface area contributed by atoms with E-state index in [2.05, 4.69) is 16.2 Å². The number of carbonyl (C=O) groups excluding carboxylic acids is 1. The molecule has 1 amide bonds. The van der Waals surface area contributed by atoms with Gasteiger partial charge < -0.3 is 15.2 Å². The Morgan fingerprint density at radius 3 is 2.92 bits per heavy atom. The van der Waals surface area contributed by atoms with Gasteiger partial charge in [0.05, 0.1) is 31.2 Å². The van der Waals surface area contributed by atoms with Crippen LogP contribution in [0.2, 0.25) is 0 Å². The number of nitrogens with one attached hydrogen (secondary N) is 3. The maximum absolute atomic E-state index is 13.0. The van der Waals surface area contributed by atoms with Gasteiger partial charge in [-0.1, -0.05) is 36.4 Å². The van der Waals surface area contributed by atoms with Gasteiger partial charge in [-0.2, -0.15) is 0 Å². The summed E-state index contributed by atoms with van der Waals surface area (Å²) in [6.07, 6.45) is -0.0179. The van der Waals surface area contributed by atoms with Crippen LogP contribution in [0.1, 0.15) is 28.8 Å². The van der Waals surface area contributed by atoms with E-state index in [4.69, 9.17) is 4.74 Å². The van der Waals surface area contributed by atoms with E-state index in [1.807, 2.05) is 48.5 Å². The molecule has 0 spiro atoms. The predicted molar refractivity (Wildman–Crippen MR) is 97.4 cm³/mol. The van der Waals surface area contributed by atoms with Crippen molar-refractivity contribution in [3.8, 4) is 5.75 Å². The van der Waals surface area contributed by atoms with Gasteiger partial charge in [0.25, 0.3) is 0 Å². The molecule has 2 unspecified atom stereocenters. The molecule has 1 fully saturated rings. The largest absolute Gasteiger partial charge is 0.497 e. The smallest absolute Gasteiger partial charge is 0.227 e. The molecule has 4 N–H and O–H groups in total. The Labute approximate surface area is 152 Å². The zero-order valence-electron chi connectivity index (χ0n) is 14.6. The summed E-state index contributed by atoms with van der Waals surface area (Å²) in [6.45, 7) is 0.526. The maximum Gasteiger partial charge on any atom is 0.227 e. The highest BCUT2D eigenvalue weighted by Crippen LogP contribution is 2.33. The molecule has 26 heavy (non-hydrogen) atoms. The predicted octanol–water partition coefficient (Wildman–Crippen LogP) is 1.23. The zero-order chi connectivity index (χ0) is 18.1. The van der Waals surface area contributed by atoms with Gasteiger partial charge in [-0.25, -0.2) is 5.43 Å². The number of rotatable bonds is 4. The molecule has 0 saturated carbocycles. The Morgan fingerprint density at radius 2 is 2.08 bits per heavy atom. The number of hydrazine groups is 1. The molecule has 1 saturated heterocycles. The van der Waals surface area contributed by atoms with Crippen LogP contribution in [0.4, 0.5) is 0 Å². The minimum atomic E-state index is -0.589. The summed E-state index contributed by atoms with van der Waals surface area (Å²) in [5.41, 5.74) is 9.35. The first kappa shape index (κ1) is 17.0. The lowest BCUT2D eigenvalue weighted by Crippen LogP contribution is -2.40. The molecule has 2 aromatic rings. The van der Waals surface area contributed by atoms with Gasteiger partial charge in [0.2, 0.25) is 5.91 Å². The van der Waals surface area contributed by atoms with Crippen LogP contribution >= 0.6 is 0 Å². The van der Waals surface area contributed by atoms with Crippen molar-refractivity contribution in [1.29, 1.82) is 0 Å². The summed E-state index contributed by atoms with van der Waals surface area (Å²) < 4.78 is 5.29. The first-order chi connectivity index (χ1) is 12.7. The minimum Gasteiger partial charge on any atom is -0.497 e. The van der Waals surface area contributed by atoms with E-state index in [0.29, 0.717) is 13.0 Å². The van der Waals surface area contributed by atoms with Gasteiger partial charge in [0.15, 0.2) is 0 Å². The van der Waals surface area contributed by atoms with E-state index in [1.165, 1.54) is 0 Å². The van der Waals surface area contributed by atoms with Crippen LogP contribution < -0.4 is 20.9 Å². The van der Waals surface area contributed by atoms with E-state index in [-0.39, 0.29) is 23.9 Å². The quantitative estimate of drug-likeness (QED) is 0.665. The normalized spacial score (nSPS) is 27.2. The Kier molecular flexibility index (Phi) is 4.63. The zero-order valence-corrected chi connectivity index (χ0v) is 14.6. The topological polar surface area (TPSA) is 82.6 Å². The third-order valence-electron chi connectivity index (χ3n) is 5.27. The van der Waals surface area contributed by atoms with Crippen molar-refractivity contribution < 1.29 is 14.6 Å². The molecule has 2 aliphatic rings. The molecule has 136 valence electrons. The van der Waals surface area contributed by atoms with Crippen molar-refractivity contribution in [2.24, 2.45) is 5.92 Å². The van der Waals surface area contributed by atoms with E-state index in [1.54, 1.807) is 7.11 Å². The lowest BCUT2D eigenvalue weighted by molar-refractivity contribution is -0.126. The number of carbonyl (C=O) groups is 1. The number of hydrogen-bond donors (Lipinski definition) is 4. The fourth-order valence-electron chi connectivity index (χ4n) is 3.90. The third kappa shape index (κ3) is 3.07. The third-order valence-corrected chi connectivity index (χ3v) is 5.27. The molecule has 6 nitrogen and oxygen atoms in total. The van der Waals surface area contributed by atoms with Gasteiger partial charge in [-0.3, -0.25) is 10.2 Å². The number of methoxy groups -OCH3 is 1. The van der Waals surface area contributed by atoms with Crippen LogP contribution in [0.25, 0.3) is 0 Å². The fraction of sp³-hybridized carbons (Fsp3) is 0.350. The van der Waals surface area contributed by atoms with Crippen LogP contribution in [0.3, 0.4) is 0 Å². The second-order valence-corrected chi connectivity index (χ2v) is 6.84. The van der Waals surface area contributed by atoms with Gasteiger partial charge in [-0.15, -0.1) is 0 Å². The molecule has 4 atom stereocenters. The average Bonchev–Trinajstić information content (AvgIpc) is 3.27. The van der Waals surface area contributed by atoms with Crippen molar-refractivity contribution in [1.82, 2.24) is 16.2 Å². The highest BCUT2D eigenvalue weighted by atomic mass is 16.5. The number of ether oxygens (including phenoxy) is 1. The Morgan fingerprint density at radius 1 is 1.23 bits per heavy atom. The van der Waals surface area contributed by atoms with Crippen molar-refractivity contribution in [2.75, 3.05) is 13.7 Å². The van der Waals surface area contributed by atoms with E-state index < -0.39 is 6.10 Å². The molecule has 2 aromatic carbocycles. The molecule has 0 aromatic heterocycles. The standard InChI is InChI=1S/C20H23N3O3/c1-26-14-7-4-6-13(9-14)18-16(11-21-23-18)20(25)22-19-15-8-3-2-5-12(15)10-17(19)24/h2-9,16-19,21,23-24H,10-11H2,1H3,(H,22,25)/t16?,17-,18?,19+/m0/s1. The highest BCUT2D eigenvalue weighted by Gasteiger charge is 2.38. The van der Waals surface area contributed by atoms with Gasteiger partial charge in [0, 0.05) is 13.0 Å². The summed E-state index contributed by atoms with van der Waals surface area (Å²) in [6, 6.07) is 15.1. The summed E-state index contributed by atoms with van der Waals surface area (Å²) in [5.74, 6) is 0.411. The number of fused-ring (bicyclic) bond motifs is 1. The van der Waals surface area contributed by atoms with Crippen LogP contribution in [-0.2, 0) is 11.2 Å². The molecule has 0 radical (unpaired) electrons. The lowest BCUT2D eigenvalue weighted by Gasteiger charge is -2.23.